The van der Waals surface area contributed by atoms with Gasteiger partial charge in [-0.15, -0.1) is 11.8 Å². The third kappa shape index (κ3) is 7.20. The number of hydrogen-bond acceptors (Lipinski definition) is 3. The summed E-state index contributed by atoms with van der Waals surface area (Å²) in [4.78, 5) is 28.4. The highest BCUT2D eigenvalue weighted by atomic mass is 32.2. The van der Waals surface area contributed by atoms with Gasteiger partial charge in [-0.05, 0) is 57.0 Å². The van der Waals surface area contributed by atoms with E-state index in [9.17, 15) is 14.0 Å². The summed E-state index contributed by atoms with van der Waals surface area (Å²) in [5, 5.41) is 2.90. The van der Waals surface area contributed by atoms with Gasteiger partial charge in [-0.25, -0.2) is 4.39 Å². The molecule has 0 aliphatic heterocycles. The second kappa shape index (κ2) is 11.0. The molecule has 0 heterocycles. The molecule has 4 nitrogen and oxygen atoms in total. The lowest BCUT2D eigenvalue weighted by atomic mass is 10.1. The molecule has 29 heavy (non-hydrogen) atoms. The summed E-state index contributed by atoms with van der Waals surface area (Å²) in [6.07, 6.45) is 0.501. The van der Waals surface area contributed by atoms with E-state index in [1.165, 1.54) is 23.9 Å². The Kier molecular flexibility index (Phi) is 8.70. The standard InChI is InChI=1S/C23H29FN2O2S/c1-5-21(23(28)25-16(2)3)26(14-18-8-10-19(24)11-9-18)22(27)15-29-20-12-6-17(4)7-13-20/h6-13,16,21H,5,14-15H2,1-4H3,(H,25,28)/t21-/m0/s1. The number of carbonyl (C=O) groups excluding carboxylic acids is 2. The van der Waals surface area contributed by atoms with Gasteiger partial charge in [0.15, 0.2) is 0 Å². The lowest BCUT2D eigenvalue weighted by Crippen LogP contribution is -2.50. The highest BCUT2D eigenvalue weighted by Gasteiger charge is 2.28. The fourth-order valence-corrected chi connectivity index (χ4v) is 3.73. The van der Waals surface area contributed by atoms with E-state index in [4.69, 9.17) is 0 Å². The largest absolute Gasteiger partial charge is 0.352 e. The van der Waals surface area contributed by atoms with Crippen molar-refractivity contribution in [2.45, 2.75) is 57.6 Å². The fourth-order valence-electron chi connectivity index (χ4n) is 2.95. The molecule has 0 bridgehead atoms. The van der Waals surface area contributed by atoms with Gasteiger partial charge >= 0.3 is 0 Å². The number of amides is 2. The number of aryl methyl sites for hydroxylation is 1. The predicted octanol–water partition coefficient (Wildman–Crippen LogP) is 4.56. The number of benzene rings is 2. The molecule has 6 heteroatoms. The van der Waals surface area contributed by atoms with Crippen molar-refractivity contribution in [2.24, 2.45) is 0 Å². The number of carbonyl (C=O) groups is 2. The van der Waals surface area contributed by atoms with Crippen LogP contribution in [-0.2, 0) is 16.1 Å². The molecule has 0 saturated heterocycles. The molecular formula is C23H29FN2O2S. The number of rotatable bonds is 9. The first-order chi connectivity index (χ1) is 13.8. The van der Waals surface area contributed by atoms with Crippen LogP contribution < -0.4 is 5.32 Å². The maximum absolute atomic E-state index is 13.3. The molecule has 1 atom stereocenters. The van der Waals surface area contributed by atoms with E-state index in [2.05, 4.69) is 5.32 Å². The lowest BCUT2D eigenvalue weighted by molar-refractivity contribution is -0.139. The van der Waals surface area contributed by atoms with Crippen molar-refractivity contribution in [3.05, 3.63) is 65.5 Å². The number of thioether (sulfide) groups is 1. The Hall–Kier alpha value is -2.34. The molecular weight excluding hydrogens is 387 g/mol. The van der Waals surface area contributed by atoms with Crippen LogP contribution >= 0.6 is 11.8 Å². The molecule has 0 unspecified atom stereocenters. The number of halogens is 1. The van der Waals surface area contributed by atoms with Crippen LogP contribution in [0.2, 0.25) is 0 Å². The van der Waals surface area contributed by atoms with Crippen LogP contribution in [0.25, 0.3) is 0 Å². The van der Waals surface area contributed by atoms with Gasteiger partial charge in [0.1, 0.15) is 11.9 Å². The van der Waals surface area contributed by atoms with Crippen LogP contribution in [0.1, 0.15) is 38.3 Å². The van der Waals surface area contributed by atoms with E-state index in [0.717, 1.165) is 16.0 Å². The SMILES string of the molecule is CC[C@@H](C(=O)NC(C)C)N(Cc1ccc(F)cc1)C(=O)CSc1ccc(C)cc1. The molecule has 0 spiro atoms. The van der Waals surface area contributed by atoms with Gasteiger partial charge in [-0.3, -0.25) is 9.59 Å². The van der Waals surface area contributed by atoms with Gasteiger partial charge in [0.2, 0.25) is 11.8 Å². The summed E-state index contributed by atoms with van der Waals surface area (Å²) in [6, 6.07) is 13.4. The third-order valence-electron chi connectivity index (χ3n) is 4.47. The molecule has 156 valence electrons. The first kappa shape index (κ1) is 22.9. The van der Waals surface area contributed by atoms with Crippen molar-refractivity contribution < 1.29 is 14.0 Å². The first-order valence-electron chi connectivity index (χ1n) is 9.84. The minimum absolute atomic E-state index is 0.0127. The Labute approximate surface area is 176 Å². The monoisotopic (exact) mass is 416 g/mol. The van der Waals surface area contributed by atoms with Crippen molar-refractivity contribution in [3.63, 3.8) is 0 Å². The van der Waals surface area contributed by atoms with Gasteiger partial charge < -0.3 is 10.2 Å². The average Bonchev–Trinajstić information content (AvgIpc) is 2.68. The molecule has 1 N–H and O–H groups in total. The summed E-state index contributed by atoms with van der Waals surface area (Å²) in [5.41, 5.74) is 1.95. The molecule has 0 aromatic heterocycles. The Bertz CT molecular complexity index is 807. The van der Waals surface area contributed by atoms with E-state index in [0.29, 0.717) is 6.42 Å². The molecule has 2 rings (SSSR count). The summed E-state index contributed by atoms with van der Waals surface area (Å²) in [6.45, 7) is 7.96. The zero-order chi connectivity index (χ0) is 21.4. The topological polar surface area (TPSA) is 49.4 Å². The second-order valence-electron chi connectivity index (χ2n) is 7.34. The smallest absolute Gasteiger partial charge is 0.243 e. The predicted molar refractivity (Wildman–Crippen MR) is 116 cm³/mol. The quantitative estimate of drug-likeness (QED) is 0.610. The number of nitrogens with zero attached hydrogens (tertiary/aromatic N) is 1. The summed E-state index contributed by atoms with van der Waals surface area (Å²) < 4.78 is 13.3. The molecule has 0 fully saturated rings. The Morgan fingerprint density at radius 3 is 2.24 bits per heavy atom. The normalized spacial score (nSPS) is 11.9. The molecule has 0 aliphatic rings. The van der Waals surface area contributed by atoms with Crippen LogP contribution in [0, 0.1) is 12.7 Å². The number of nitrogens with one attached hydrogen (secondary N) is 1. The molecule has 0 radical (unpaired) electrons. The Morgan fingerprint density at radius 2 is 1.69 bits per heavy atom. The van der Waals surface area contributed by atoms with Gasteiger partial charge in [-0.1, -0.05) is 36.8 Å². The zero-order valence-electron chi connectivity index (χ0n) is 17.4. The van der Waals surface area contributed by atoms with E-state index >= 15 is 0 Å². The van der Waals surface area contributed by atoms with Gasteiger partial charge in [0.05, 0.1) is 5.75 Å². The minimum Gasteiger partial charge on any atom is -0.352 e. The fraction of sp³-hybridized carbons (Fsp3) is 0.391. The summed E-state index contributed by atoms with van der Waals surface area (Å²) in [7, 11) is 0. The minimum atomic E-state index is -0.575. The van der Waals surface area contributed by atoms with Crippen LogP contribution in [0.5, 0.6) is 0 Å². The second-order valence-corrected chi connectivity index (χ2v) is 8.39. The average molecular weight is 417 g/mol. The van der Waals surface area contributed by atoms with Gasteiger partial charge in [-0.2, -0.15) is 0 Å². The molecule has 2 aromatic rings. The van der Waals surface area contributed by atoms with Crippen molar-refractivity contribution in [3.8, 4) is 0 Å². The van der Waals surface area contributed by atoms with Gasteiger partial charge in [0, 0.05) is 17.5 Å². The maximum atomic E-state index is 13.3. The van der Waals surface area contributed by atoms with Crippen LogP contribution in [0.3, 0.4) is 0 Å². The van der Waals surface area contributed by atoms with Crippen LogP contribution in [0.15, 0.2) is 53.4 Å². The Balaban J connectivity index is 2.18. The summed E-state index contributed by atoms with van der Waals surface area (Å²) in [5.74, 6) is -0.384. The van der Waals surface area contributed by atoms with Crippen molar-refractivity contribution in [2.75, 3.05) is 5.75 Å². The van der Waals surface area contributed by atoms with E-state index in [1.807, 2.05) is 52.0 Å². The zero-order valence-corrected chi connectivity index (χ0v) is 18.3. The maximum Gasteiger partial charge on any atom is 0.243 e. The third-order valence-corrected chi connectivity index (χ3v) is 5.46. The highest BCUT2D eigenvalue weighted by Crippen LogP contribution is 2.21. The summed E-state index contributed by atoms with van der Waals surface area (Å²) >= 11 is 1.45. The van der Waals surface area contributed by atoms with E-state index < -0.39 is 6.04 Å². The highest BCUT2D eigenvalue weighted by molar-refractivity contribution is 8.00. The molecule has 2 amide bonds. The number of hydrogen-bond donors (Lipinski definition) is 1. The lowest BCUT2D eigenvalue weighted by Gasteiger charge is -2.31. The Morgan fingerprint density at radius 1 is 1.07 bits per heavy atom. The molecule has 0 aliphatic carbocycles. The first-order valence-corrected chi connectivity index (χ1v) is 10.8. The van der Waals surface area contributed by atoms with Crippen molar-refractivity contribution in [1.29, 1.82) is 0 Å². The van der Waals surface area contributed by atoms with Crippen LogP contribution in [0.4, 0.5) is 4.39 Å². The van der Waals surface area contributed by atoms with Crippen molar-refractivity contribution in [1.82, 2.24) is 10.2 Å². The van der Waals surface area contributed by atoms with Crippen molar-refractivity contribution >= 4 is 23.6 Å². The van der Waals surface area contributed by atoms with Gasteiger partial charge in [0.25, 0.3) is 0 Å². The van der Waals surface area contributed by atoms with E-state index in [1.54, 1.807) is 17.0 Å². The van der Waals surface area contributed by atoms with Crippen LogP contribution in [-0.4, -0.2) is 34.6 Å². The molecule has 2 aromatic carbocycles. The van der Waals surface area contributed by atoms with E-state index in [-0.39, 0.29) is 36.0 Å². The molecule has 0 saturated carbocycles.